The highest BCUT2D eigenvalue weighted by Crippen LogP contribution is 2.28. The normalized spacial score (nSPS) is 11.1. The number of anilines is 1. The molecule has 1 aromatic heterocycles. The summed E-state index contributed by atoms with van der Waals surface area (Å²) in [5, 5.41) is 2.53. The van der Waals surface area contributed by atoms with E-state index in [0.29, 0.717) is 12.3 Å². The molecule has 0 bridgehead atoms. The number of hydrogen-bond donors (Lipinski definition) is 1. The molecule has 0 radical (unpaired) electrons. The van der Waals surface area contributed by atoms with E-state index in [1.807, 2.05) is 31.2 Å². The van der Waals surface area contributed by atoms with Gasteiger partial charge < -0.3 is 9.47 Å². The van der Waals surface area contributed by atoms with Gasteiger partial charge in [-0.05, 0) is 55.8 Å². The highest BCUT2D eigenvalue weighted by atomic mass is 127. The summed E-state index contributed by atoms with van der Waals surface area (Å²) in [6.45, 7) is 7.64. The van der Waals surface area contributed by atoms with E-state index < -0.39 is 17.8 Å². The number of aromatic nitrogens is 2. The van der Waals surface area contributed by atoms with Crippen LogP contribution in [0.15, 0.2) is 30.5 Å². The van der Waals surface area contributed by atoms with Crippen LogP contribution in [0.3, 0.4) is 0 Å². The number of halogens is 1. The molecule has 1 aromatic carbocycles. The monoisotopic (exact) mass is 485 g/mol. The van der Waals surface area contributed by atoms with E-state index in [2.05, 4.69) is 32.9 Å². The van der Waals surface area contributed by atoms with Crippen molar-refractivity contribution >= 4 is 40.7 Å². The van der Waals surface area contributed by atoms with Crippen LogP contribution in [0.5, 0.6) is 0 Å². The highest BCUT2D eigenvalue weighted by Gasteiger charge is 2.25. The van der Waals surface area contributed by atoms with Gasteiger partial charge >= 0.3 is 12.2 Å². The van der Waals surface area contributed by atoms with E-state index in [9.17, 15) is 9.59 Å². The molecule has 0 aliphatic carbocycles. The van der Waals surface area contributed by atoms with Gasteiger partial charge in [0.25, 0.3) is 0 Å². The Morgan fingerprint density at radius 2 is 1.96 bits per heavy atom. The Labute approximate surface area is 172 Å². The largest absolute Gasteiger partial charge is 0.449 e. The number of amides is 1. The van der Waals surface area contributed by atoms with Crippen LogP contribution in [0.25, 0.3) is 11.3 Å². The highest BCUT2D eigenvalue weighted by molar-refractivity contribution is 14.1. The number of benzene rings is 1. The summed E-state index contributed by atoms with van der Waals surface area (Å²) < 4.78 is 12.8. The SMILES string of the molecule is CCCCOC(=O)Nc1ncc(-c2ccccc2I)n1C(=O)OC(C)(C)C. The standard InChI is InChI=1S/C19H24IN3O4/c1-5-6-11-26-17(24)22-16-21-12-15(13-9-7-8-10-14(13)20)23(16)18(25)27-19(2,3)4/h7-10,12H,5-6,11H2,1-4H3,(H,21,22,24). The first kappa shape index (κ1) is 21.2. The Bertz CT molecular complexity index is 812. The number of ether oxygens (including phenoxy) is 2. The Kier molecular flexibility index (Phi) is 7.23. The number of carbonyl (C=O) groups excluding carboxylic acids is 2. The van der Waals surface area contributed by atoms with E-state index in [-0.39, 0.29) is 5.95 Å². The zero-order valence-corrected chi connectivity index (χ0v) is 18.1. The van der Waals surface area contributed by atoms with Crippen LogP contribution in [0.2, 0.25) is 0 Å². The first-order valence-corrected chi connectivity index (χ1v) is 9.80. The maximum absolute atomic E-state index is 12.8. The molecule has 0 aliphatic heterocycles. The van der Waals surface area contributed by atoms with E-state index in [4.69, 9.17) is 9.47 Å². The summed E-state index contributed by atoms with van der Waals surface area (Å²) in [6, 6.07) is 7.58. The fourth-order valence-corrected chi connectivity index (χ4v) is 2.89. The minimum absolute atomic E-state index is 0.0559. The molecule has 0 fully saturated rings. The zero-order chi connectivity index (χ0) is 20.0. The zero-order valence-electron chi connectivity index (χ0n) is 15.9. The fraction of sp³-hybridized carbons (Fsp3) is 0.421. The average molecular weight is 485 g/mol. The van der Waals surface area contributed by atoms with Gasteiger partial charge in [-0.3, -0.25) is 5.32 Å². The van der Waals surface area contributed by atoms with Gasteiger partial charge in [0.2, 0.25) is 5.95 Å². The number of nitrogens with one attached hydrogen (secondary N) is 1. The maximum atomic E-state index is 12.8. The molecule has 0 unspecified atom stereocenters. The third kappa shape index (κ3) is 5.95. The average Bonchev–Trinajstić information content (AvgIpc) is 2.97. The third-order valence-electron chi connectivity index (χ3n) is 3.43. The Hall–Kier alpha value is -2.10. The minimum atomic E-state index is -0.693. The van der Waals surface area contributed by atoms with Crippen LogP contribution in [0.1, 0.15) is 40.5 Å². The van der Waals surface area contributed by atoms with Crippen molar-refractivity contribution in [3.63, 3.8) is 0 Å². The number of unbranched alkanes of at least 4 members (excludes halogenated alkanes) is 1. The van der Waals surface area contributed by atoms with Gasteiger partial charge in [-0.25, -0.2) is 19.1 Å². The number of nitrogens with zero attached hydrogens (tertiary/aromatic N) is 2. The lowest BCUT2D eigenvalue weighted by molar-refractivity contribution is 0.0543. The van der Waals surface area contributed by atoms with Gasteiger partial charge in [-0.1, -0.05) is 31.5 Å². The second-order valence-corrected chi connectivity index (χ2v) is 8.04. The fourth-order valence-electron chi connectivity index (χ4n) is 2.23. The van der Waals surface area contributed by atoms with E-state index >= 15 is 0 Å². The van der Waals surface area contributed by atoms with Crippen molar-refractivity contribution in [3.05, 3.63) is 34.0 Å². The summed E-state index contributed by atoms with van der Waals surface area (Å²) in [5.74, 6) is 0.0559. The molecule has 0 saturated carbocycles. The van der Waals surface area contributed by atoms with Gasteiger partial charge in [0.05, 0.1) is 18.5 Å². The molecular formula is C19H24IN3O4. The molecule has 0 aliphatic rings. The molecule has 2 rings (SSSR count). The van der Waals surface area contributed by atoms with Crippen LogP contribution in [-0.2, 0) is 9.47 Å². The van der Waals surface area contributed by atoms with Gasteiger partial charge in [-0.2, -0.15) is 0 Å². The Morgan fingerprint density at radius 1 is 1.26 bits per heavy atom. The lowest BCUT2D eigenvalue weighted by Crippen LogP contribution is -2.29. The predicted octanol–water partition coefficient (Wildman–Crippen LogP) is 5.29. The second-order valence-electron chi connectivity index (χ2n) is 6.88. The number of hydrogen-bond acceptors (Lipinski definition) is 5. The molecule has 1 amide bonds. The minimum Gasteiger partial charge on any atom is -0.449 e. The number of imidazole rings is 1. The van der Waals surface area contributed by atoms with E-state index in [1.165, 1.54) is 10.8 Å². The molecule has 2 aromatic rings. The smallest absolute Gasteiger partial charge is 0.421 e. The van der Waals surface area contributed by atoms with Crippen molar-refractivity contribution in [2.24, 2.45) is 0 Å². The van der Waals surface area contributed by atoms with Crippen molar-refractivity contribution in [3.8, 4) is 11.3 Å². The summed E-state index contributed by atoms with van der Waals surface area (Å²) in [6.07, 6.45) is 1.92. The van der Waals surface area contributed by atoms with Crippen molar-refractivity contribution in [2.45, 2.75) is 46.1 Å². The summed E-state index contributed by atoms with van der Waals surface area (Å²) in [7, 11) is 0. The first-order valence-electron chi connectivity index (χ1n) is 8.72. The predicted molar refractivity (Wildman–Crippen MR) is 112 cm³/mol. The molecule has 0 spiro atoms. The van der Waals surface area contributed by atoms with Crippen LogP contribution in [-0.4, -0.2) is 33.9 Å². The van der Waals surface area contributed by atoms with Gasteiger partial charge in [0.15, 0.2) is 0 Å². The molecular weight excluding hydrogens is 461 g/mol. The summed E-state index contributed by atoms with van der Waals surface area (Å²) >= 11 is 2.18. The molecule has 0 saturated heterocycles. The molecule has 8 heteroatoms. The molecule has 1 heterocycles. The van der Waals surface area contributed by atoms with Crippen molar-refractivity contribution in [2.75, 3.05) is 11.9 Å². The molecule has 146 valence electrons. The van der Waals surface area contributed by atoms with Crippen molar-refractivity contribution in [1.29, 1.82) is 0 Å². The topological polar surface area (TPSA) is 82.5 Å². The van der Waals surface area contributed by atoms with E-state index in [1.54, 1.807) is 20.8 Å². The maximum Gasteiger partial charge on any atom is 0.421 e. The quantitative estimate of drug-likeness (QED) is 0.460. The van der Waals surface area contributed by atoms with E-state index in [0.717, 1.165) is 22.0 Å². The summed E-state index contributed by atoms with van der Waals surface area (Å²) in [4.78, 5) is 29.0. The molecule has 0 atom stereocenters. The Morgan fingerprint density at radius 3 is 2.59 bits per heavy atom. The van der Waals surface area contributed by atoms with Crippen molar-refractivity contribution in [1.82, 2.24) is 9.55 Å². The lowest BCUT2D eigenvalue weighted by atomic mass is 10.2. The van der Waals surface area contributed by atoms with Crippen LogP contribution in [0, 0.1) is 3.57 Å². The number of carbonyl (C=O) groups is 2. The van der Waals surface area contributed by atoms with Gasteiger partial charge in [0, 0.05) is 9.13 Å². The summed E-state index contributed by atoms with van der Waals surface area (Å²) in [5.41, 5.74) is 0.642. The third-order valence-corrected chi connectivity index (χ3v) is 4.37. The van der Waals surface area contributed by atoms with Crippen LogP contribution in [0.4, 0.5) is 15.5 Å². The van der Waals surface area contributed by atoms with Gasteiger partial charge in [0.1, 0.15) is 5.60 Å². The van der Waals surface area contributed by atoms with Crippen LogP contribution >= 0.6 is 22.6 Å². The Balaban J connectivity index is 2.38. The molecule has 1 N–H and O–H groups in total. The second kappa shape index (κ2) is 9.20. The van der Waals surface area contributed by atoms with Crippen LogP contribution < -0.4 is 5.32 Å². The number of rotatable bonds is 5. The molecule has 27 heavy (non-hydrogen) atoms. The lowest BCUT2D eigenvalue weighted by Gasteiger charge is -2.21. The molecule has 7 nitrogen and oxygen atoms in total. The first-order chi connectivity index (χ1) is 12.7. The van der Waals surface area contributed by atoms with Gasteiger partial charge in [-0.15, -0.1) is 0 Å². The van der Waals surface area contributed by atoms with Crippen molar-refractivity contribution < 1.29 is 19.1 Å².